The van der Waals surface area contributed by atoms with Crippen molar-refractivity contribution in [3.8, 4) is 47.2 Å². The number of fused-ring (bicyclic) bond motifs is 1. The van der Waals surface area contributed by atoms with E-state index in [-0.39, 0.29) is 17.4 Å². The second kappa shape index (κ2) is 13.1. The number of carbonyl (C=O) groups is 2. The molecule has 0 radical (unpaired) electrons. The Morgan fingerprint density at radius 2 is 1.62 bits per heavy atom. The van der Waals surface area contributed by atoms with Crippen molar-refractivity contribution in [3.05, 3.63) is 99.9 Å². The minimum Gasteiger partial charge on any atom is -0.338 e. The molecule has 222 valence electrons. The van der Waals surface area contributed by atoms with Crippen LogP contribution in [0, 0.1) is 53.6 Å². The molecular formula is C37H26F2N2O2S2. The third-order valence-corrected chi connectivity index (χ3v) is 10.2. The predicted molar refractivity (Wildman–Crippen MR) is 178 cm³/mol. The zero-order valence-electron chi connectivity index (χ0n) is 24.3. The summed E-state index contributed by atoms with van der Waals surface area (Å²) < 4.78 is 30.7. The maximum absolute atomic E-state index is 15.4. The van der Waals surface area contributed by atoms with E-state index in [9.17, 15) is 9.59 Å². The van der Waals surface area contributed by atoms with E-state index < -0.39 is 22.8 Å². The van der Waals surface area contributed by atoms with Crippen LogP contribution in [-0.4, -0.2) is 18.2 Å². The van der Waals surface area contributed by atoms with E-state index in [1.807, 2.05) is 42.3 Å². The van der Waals surface area contributed by atoms with Crippen LogP contribution in [0.5, 0.6) is 0 Å². The van der Waals surface area contributed by atoms with Gasteiger partial charge in [-0.1, -0.05) is 54.1 Å². The van der Waals surface area contributed by atoms with Crippen LogP contribution in [0.4, 0.5) is 25.0 Å². The normalized spacial score (nSPS) is 20.8. The molecule has 1 saturated heterocycles. The summed E-state index contributed by atoms with van der Waals surface area (Å²) >= 11 is 2.46. The first-order chi connectivity index (χ1) is 21.9. The topological polar surface area (TPSA) is 40.6 Å². The molecule has 6 rings (SSSR count). The van der Waals surface area contributed by atoms with Gasteiger partial charge in [-0.2, -0.15) is 0 Å². The van der Waals surface area contributed by atoms with Crippen molar-refractivity contribution in [1.82, 2.24) is 0 Å². The molecule has 0 bridgehead atoms. The van der Waals surface area contributed by atoms with Gasteiger partial charge in [-0.25, -0.2) is 13.7 Å². The van der Waals surface area contributed by atoms with Gasteiger partial charge in [0.2, 0.25) is 0 Å². The number of hydrogen-bond donors (Lipinski definition) is 0. The summed E-state index contributed by atoms with van der Waals surface area (Å²) in [7, 11) is 1.96. The van der Waals surface area contributed by atoms with Crippen LogP contribution in [-0.2, 0) is 4.79 Å². The molecule has 4 nitrogen and oxygen atoms in total. The summed E-state index contributed by atoms with van der Waals surface area (Å²) in [6.07, 6.45) is 11.6. The van der Waals surface area contributed by atoms with Gasteiger partial charge in [0.05, 0.1) is 21.3 Å². The van der Waals surface area contributed by atoms with E-state index in [4.69, 9.17) is 6.42 Å². The molecule has 0 unspecified atom stereocenters. The summed E-state index contributed by atoms with van der Waals surface area (Å²) in [6, 6.07) is 17.6. The summed E-state index contributed by atoms with van der Waals surface area (Å²) in [5, 5.41) is 0.521. The third kappa shape index (κ3) is 6.16. The molecule has 45 heavy (non-hydrogen) atoms. The number of rotatable bonds is 4. The molecule has 8 heteroatoms. The lowest BCUT2D eigenvalue weighted by Gasteiger charge is -2.26. The average molecular weight is 633 g/mol. The van der Waals surface area contributed by atoms with Gasteiger partial charge in [-0.05, 0) is 115 Å². The Kier molecular flexibility index (Phi) is 8.85. The Morgan fingerprint density at radius 1 is 0.867 bits per heavy atom. The molecule has 3 aliphatic rings. The molecule has 3 aromatic rings. The number of hydrogen-bond acceptors (Lipinski definition) is 5. The number of para-hydroxylation sites is 1. The molecule has 0 spiro atoms. The number of halogens is 2. The maximum atomic E-state index is 15.4. The second-order valence-corrected chi connectivity index (χ2v) is 12.8. The molecule has 3 aromatic carbocycles. The lowest BCUT2D eigenvalue weighted by atomic mass is 9.78. The monoisotopic (exact) mass is 632 g/mol. The van der Waals surface area contributed by atoms with Gasteiger partial charge < -0.3 is 4.90 Å². The minimum atomic E-state index is -0.911. The molecule has 0 atom stereocenters. The lowest BCUT2D eigenvalue weighted by molar-refractivity contribution is -0.113. The van der Waals surface area contributed by atoms with Crippen molar-refractivity contribution in [2.24, 2.45) is 5.92 Å². The van der Waals surface area contributed by atoms with Gasteiger partial charge in [-0.15, -0.1) is 6.42 Å². The van der Waals surface area contributed by atoms with Crippen molar-refractivity contribution in [3.63, 3.8) is 0 Å². The average Bonchev–Trinajstić information content (AvgIpc) is 3.53. The van der Waals surface area contributed by atoms with E-state index in [1.165, 1.54) is 0 Å². The highest BCUT2D eigenvalue weighted by atomic mass is 32.2. The summed E-state index contributed by atoms with van der Waals surface area (Å²) in [6.45, 7) is 0. The number of amides is 2. The molecule has 2 fully saturated rings. The second-order valence-electron chi connectivity index (χ2n) is 10.8. The van der Waals surface area contributed by atoms with Crippen LogP contribution in [0.2, 0.25) is 0 Å². The Balaban J connectivity index is 1.14. The van der Waals surface area contributed by atoms with Gasteiger partial charge in [-0.3, -0.25) is 9.59 Å². The summed E-state index contributed by atoms with van der Waals surface area (Å²) in [5.74, 6) is 11.1. The van der Waals surface area contributed by atoms with E-state index in [0.717, 1.165) is 45.1 Å². The number of terminal acetylenes is 1. The highest BCUT2D eigenvalue weighted by molar-refractivity contribution is 8.18. The number of benzene rings is 3. The van der Waals surface area contributed by atoms with Crippen LogP contribution in [0.3, 0.4) is 0 Å². The molecular weight excluding hydrogens is 607 g/mol. The molecule has 1 saturated carbocycles. The van der Waals surface area contributed by atoms with Crippen molar-refractivity contribution in [1.29, 1.82) is 0 Å². The fraction of sp³-hybridized carbons (Fsp3) is 0.189. The first-order valence-corrected chi connectivity index (χ1v) is 16.0. The van der Waals surface area contributed by atoms with Crippen LogP contribution in [0.1, 0.15) is 37.2 Å². The molecule has 1 aliphatic carbocycles. The first-order valence-electron chi connectivity index (χ1n) is 14.4. The fourth-order valence-electron chi connectivity index (χ4n) is 5.76. The highest BCUT2D eigenvalue weighted by Gasteiger charge is 2.36. The Bertz CT molecular complexity index is 1930. The van der Waals surface area contributed by atoms with Crippen LogP contribution < -0.4 is 9.80 Å². The van der Waals surface area contributed by atoms with E-state index in [0.29, 0.717) is 34.6 Å². The number of thioether (sulfide) groups is 2. The number of nitrogens with zero attached hydrogens (tertiary/aromatic N) is 2. The molecule has 2 aliphatic heterocycles. The number of carbonyl (C=O) groups excluding carboxylic acids is 2. The van der Waals surface area contributed by atoms with E-state index >= 15 is 8.78 Å². The standard InChI is InChI=1S/C37H26F2N2O2S2/c1-3-4-5-6-9-24-12-14-25(15-13-24)28-20-21-29(35(39)34(28)38)26-16-18-27(19-17-26)41-36(42)32(45-37(41)43)22-23-33-40(2)30-10-7-8-11-31(30)44-33/h1,7-8,10-11,16-25H,12-15H2,2H3/b32-22-,33-23+. The van der Waals surface area contributed by atoms with Crippen molar-refractivity contribution >= 4 is 46.0 Å². The fourth-order valence-corrected chi connectivity index (χ4v) is 7.60. The molecule has 0 N–H and O–H groups in total. The SMILES string of the molecule is C#CC#CC#CC1CCC(c2ccc(-c3ccc(N4C(=O)S/C(=C\C=C5\Sc6ccccc6N5C)C4=O)cc3)c(F)c2F)CC1. The summed E-state index contributed by atoms with van der Waals surface area (Å²) in [5.41, 5.74) is 2.38. The maximum Gasteiger partial charge on any atom is 0.298 e. The third-order valence-electron chi connectivity index (χ3n) is 8.13. The lowest BCUT2D eigenvalue weighted by Crippen LogP contribution is -2.27. The van der Waals surface area contributed by atoms with Gasteiger partial charge >= 0.3 is 0 Å². The zero-order chi connectivity index (χ0) is 31.5. The van der Waals surface area contributed by atoms with E-state index in [2.05, 4.69) is 29.6 Å². The first kappa shape index (κ1) is 30.4. The largest absolute Gasteiger partial charge is 0.338 e. The van der Waals surface area contributed by atoms with Crippen LogP contribution >= 0.6 is 23.5 Å². The molecule has 2 amide bonds. The smallest absolute Gasteiger partial charge is 0.298 e. The summed E-state index contributed by atoms with van der Waals surface area (Å²) in [4.78, 5) is 30.6. The molecule has 0 aromatic heterocycles. The highest BCUT2D eigenvalue weighted by Crippen LogP contribution is 2.45. The van der Waals surface area contributed by atoms with Crippen LogP contribution in [0.25, 0.3) is 11.1 Å². The van der Waals surface area contributed by atoms with Crippen molar-refractivity contribution in [2.75, 3.05) is 16.8 Å². The predicted octanol–water partition coefficient (Wildman–Crippen LogP) is 8.71. The van der Waals surface area contributed by atoms with Crippen LogP contribution in [0.15, 0.2) is 87.6 Å². The number of allylic oxidation sites excluding steroid dienone is 2. The van der Waals surface area contributed by atoms with Gasteiger partial charge in [0.15, 0.2) is 11.6 Å². The number of anilines is 2. The molecule has 2 heterocycles. The van der Waals surface area contributed by atoms with Crippen molar-refractivity contribution in [2.45, 2.75) is 36.5 Å². The van der Waals surface area contributed by atoms with Crippen molar-refractivity contribution < 1.29 is 18.4 Å². The Morgan fingerprint density at radius 3 is 2.36 bits per heavy atom. The van der Waals surface area contributed by atoms with Gasteiger partial charge in [0, 0.05) is 23.4 Å². The minimum absolute atomic E-state index is 0.0867. The Hall–Kier alpha value is -4.68. The number of imide groups is 1. The van der Waals surface area contributed by atoms with Gasteiger partial charge in [0.1, 0.15) is 0 Å². The van der Waals surface area contributed by atoms with Gasteiger partial charge in [0.25, 0.3) is 11.1 Å². The van der Waals surface area contributed by atoms with E-state index in [1.54, 1.807) is 54.2 Å². The zero-order valence-corrected chi connectivity index (χ0v) is 25.9. The Labute approximate surface area is 270 Å². The quantitative estimate of drug-likeness (QED) is 0.213.